The van der Waals surface area contributed by atoms with Crippen molar-refractivity contribution in [3.05, 3.63) is 0 Å². The van der Waals surface area contributed by atoms with Gasteiger partial charge in [-0.3, -0.25) is 9.69 Å². The summed E-state index contributed by atoms with van der Waals surface area (Å²) in [7, 11) is -2.91. The number of carbonyl (C=O) groups is 1. The number of nitrogens with one attached hydrogen (secondary N) is 1. The van der Waals surface area contributed by atoms with Crippen molar-refractivity contribution < 1.29 is 13.2 Å². The predicted octanol–water partition coefficient (Wildman–Crippen LogP) is -0.118. The minimum absolute atomic E-state index is 0.0130. The van der Waals surface area contributed by atoms with Crippen molar-refractivity contribution in [2.45, 2.75) is 57.2 Å². The number of hydrogen-bond donors (Lipinski definition) is 2. The van der Waals surface area contributed by atoms with Gasteiger partial charge in [-0.15, -0.1) is 0 Å². The Bertz CT molecular complexity index is 490. The number of likely N-dealkylation sites (N-methyl/N-ethyl adjacent to an activating group) is 1. The van der Waals surface area contributed by atoms with Crippen LogP contribution in [0.4, 0.5) is 0 Å². The van der Waals surface area contributed by atoms with Gasteiger partial charge in [0.1, 0.15) is 0 Å². The summed E-state index contributed by atoms with van der Waals surface area (Å²) in [6, 6.07) is 0.245. The molecule has 0 aromatic carbocycles. The van der Waals surface area contributed by atoms with Gasteiger partial charge in [-0.25, -0.2) is 8.42 Å². The number of rotatable bonds is 4. The molecule has 0 aromatic rings. The summed E-state index contributed by atoms with van der Waals surface area (Å²) >= 11 is 0. The molecule has 0 bridgehead atoms. The normalized spacial score (nSPS) is 37.2. The summed E-state index contributed by atoms with van der Waals surface area (Å²) in [6.07, 6.45) is 3.40. The molecule has 2 rings (SSSR count). The summed E-state index contributed by atoms with van der Waals surface area (Å²) in [4.78, 5) is 14.2. The second-order valence-corrected chi connectivity index (χ2v) is 8.66. The fraction of sp³-hybridized carbons (Fsp3) is 0.929. The van der Waals surface area contributed by atoms with Crippen molar-refractivity contribution in [2.75, 3.05) is 24.6 Å². The highest BCUT2D eigenvalue weighted by Gasteiger charge is 2.44. The lowest BCUT2D eigenvalue weighted by atomic mass is 9.77. The largest absolute Gasteiger partial charge is 0.368 e. The van der Waals surface area contributed by atoms with E-state index in [1.54, 1.807) is 0 Å². The number of sulfone groups is 1. The molecule has 3 atom stereocenters. The van der Waals surface area contributed by atoms with Gasteiger partial charge in [0.25, 0.3) is 0 Å². The zero-order chi connectivity index (χ0) is 15.7. The van der Waals surface area contributed by atoms with E-state index in [1.807, 2.05) is 13.8 Å². The molecule has 1 heterocycles. The zero-order valence-electron chi connectivity index (χ0n) is 13.0. The molecule has 1 saturated heterocycles. The van der Waals surface area contributed by atoms with E-state index in [2.05, 4.69) is 10.2 Å². The predicted molar refractivity (Wildman–Crippen MR) is 82.7 cm³/mol. The van der Waals surface area contributed by atoms with E-state index in [-0.39, 0.29) is 29.5 Å². The molecule has 1 aliphatic heterocycles. The van der Waals surface area contributed by atoms with Crippen LogP contribution < -0.4 is 11.1 Å². The fourth-order valence-corrected chi connectivity index (χ4v) is 5.47. The molecule has 2 fully saturated rings. The third kappa shape index (κ3) is 3.57. The van der Waals surface area contributed by atoms with Crippen molar-refractivity contribution in [2.24, 2.45) is 5.73 Å². The van der Waals surface area contributed by atoms with Crippen molar-refractivity contribution in [3.63, 3.8) is 0 Å². The van der Waals surface area contributed by atoms with Crippen LogP contribution in [0.2, 0.25) is 0 Å². The third-order valence-electron chi connectivity index (χ3n) is 4.90. The molecule has 21 heavy (non-hydrogen) atoms. The molecular weight excluding hydrogens is 290 g/mol. The Labute approximate surface area is 127 Å². The lowest BCUT2D eigenvalue weighted by Crippen LogP contribution is -2.62. The van der Waals surface area contributed by atoms with Crippen LogP contribution in [0.25, 0.3) is 0 Å². The third-order valence-corrected chi connectivity index (χ3v) is 6.70. The quantitative estimate of drug-likeness (QED) is 0.754. The van der Waals surface area contributed by atoms with Crippen LogP contribution in [-0.4, -0.2) is 61.4 Å². The number of amides is 1. The Morgan fingerprint density at radius 2 is 2.19 bits per heavy atom. The molecule has 122 valence electrons. The highest BCUT2D eigenvalue weighted by atomic mass is 32.2. The van der Waals surface area contributed by atoms with Crippen molar-refractivity contribution in [3.8, 4) is 0 Å². The minimum atomic E-state index is -2.91. The van der Waals surface area contributed by atoms with Crippen LogP contribution in [0.15, 0.2) is 0 Å². The van der Waals surface area contributed by atoms with Crippen LogP contribution in [-0.2, 0) is 14.6 Å². The fourth-order valence-electron chi connectivity index (χ4n) is 3.89. The number of primary amides is 1. The van der Waals surface area contributed by atoms with Crippen LogP contribution in [0.3, 0.4) is 0 Å². The molecule has 1 saturated carbocycles. The second-order valence-electron chi connectivity index (χ2n) is 6.43. The SMILES string of the molecule is CCNC1(C(N)=O)CCCC(N2CCS(=O)(=O)CC2C)C1. The first-order valence-electron chi connectivity index (χ1n) is 7.81. The molecule has 1 amide bonds. The van der Waals surface area contributed by atoms with Crippen molar-refractivity contribution in [1.29, 1.82) is 0 Å². The first kappa shape index (κ1) is 16.7. The zero-order valence-corrected chi connectivity index (χ0v) is 13.8. The maximum atomic E-state index is 11.9. The van der Waals surface area contributed by atoms with Crippen molar-refractivity contribution in [1.82, 2.24) is 10.2 Å². The van der Waals surface area contributed by atoms with Crippen LogP contribution in [0.1, 0.15) is 39.5 Å². The second kappa shape index (κ2) is 6.22. The van der Waals surface area contributed by atoms with Gasteiger partial charge in [0.2, 0.25) is 5.91 Å². The molecule has 3 unspecified atom stereocenters. The highest BCUT2D eigenvalue weighted by molar-refractivity contribution is 7.91. The number of nitrogens with two attached hydrogens (primary N) is 1. The average molecular weight is 317 g/mol. The van der Waals surface area contributed by atoms with E-state index in [0.717, 1.165) is 19.3 Å². The first-order chi connectivity index (χ1) is 9.80. The summed E-state index contributed by atoms with van der Waals surface area (Å²) in [5, 5.41) is 3.28. The van der Waals surface area contributed by atoms with E-state index < -0.39 is 15.4 Å². The monoisotopic (exact) mass is 317 g/mol. The summed E-state index contributed by atoms with van der Waals surface area (Å²) in [5.41, 5.74) is 5.01. The molecule has 2 aliphatic rings. The van der Waals surface area contributed by atoms with E-state index in [9.17, 15) is 13.2 Å². The molecule has 1 aliphatic carbocycles. The van der Waals surface area contributed by atoms with Gasteiger partial charge >= 0.3 is 0 Å². The van der Waals surface area contributed by atoms with Crippen LogP contribution in [0.5, 0.6) is 0 Å². The number of nitrogens with zero attached hydrogens (tertiary/aromatic N) is 1. The van der Waals surface area contributed by atoms with Crippen LogP contribution in [0, 0.1) is 0 Å². The lowest BCUT2D eigenvalue weighted by molar-refractivity contribution is -0.126. The highest BCUT2D eigenvalue weighted by Crippen LogP contribution is 2.33. The molecular formula is C14H27N3O3S. The summed E-state index contributed by atoms with van der Waals surface area (Å²) in [5.74, 6) is 0.152. The smallest absolute Gasteiger partial charge is 0.237 e. The molecule has 3 N–H and O–H groups in total. The van der Waals surface area contributed by atoms with Crippen molar-refractivity contribution >= 4 is 15.7 Å². The molecule has 7 heteroatoms. The summed E-state index contributed by atoms with van der Waals surface area (Å²) < 4.78 is 23.4. The van der Waals surface area contributed by atoms with Gasteiger partial charge in [-0.2, -0.15) is 0 Å². The average Bonchev–Trinajstić information content (AvgIpc) is 2.38. The minimum Gasteiger partial charge on any atom is -0.368 e. The molecule has 6 nitrogen and oxygen atoms in total. The van der Waals surface area contributed by atoms with Gasteiger partial charge < -0.3 is 11.1 Å². The Morgan fingerprint density at radius 3 is 2.76 bits per heavy atom. The van der Waals surface area contributed by atoms with E-state index in [4.69, 9.17) is 5.73 Å². The molecule has 0 aromatic heterocycles. The van der Waals surface area contributed by atoms with E-state index in [0.29, 0.717) is 19.5 Å². The molecule has 0 radical (unpaired) electrons. The Morgan fingerprint density at radius 1 is 1.48 bits per heavy atom. The standard InChI is InChI=1S/C14H27N3O3S/c1-3-16-14(13(15)18)6-4-5-12(9-14)17-7-8-21(19,20)10-11(17)2/h11-12,16H,3-10H2,1-2H3,(H2,15,18). The van der Waals surface area contributed by atoms with Gasteiger partial charge in [0.05, 0.1) is 17.0 Å². The maximum Gasteiger partial charge on any atom is 0.237 e. The Balaban J connectivity index is 2.12. The first-order valence-corrected chi connectivity index (χ1v) is 9.63. The number of carbonyl (C=O) groups excluding carboxylic acids is 1. The Hall–Kier alpha value is -0.660. The van der Waals surface area contributed by atoms with Gasteiger partial charge in [-0.1, -0.05) is 6.92 Å². The Kier molecular flexibility index (Phi) is 4.95. The van der Waals surface area contributed by atoms with E-state index in [1.165, 1.54) is 0 Å². The van der Waals surface area contributed by atoms with Gasteiger partial charge in [0.15, 0.2) is 9.84 Å². The maximum absolute atomic E-state index is 11.9. The van der Waals surface area contributed by atoms with Crippen LogP contribution >= 0.6 is 0 Å². The lowest BCUT2D eigenvalue weighted by Gasteiger charge is -2.46. The van der Waals surface area contributed by atoms with Gasteiger partial charge in [-0.05, 0) is 39.2 Å². The topological polar surface area (TPSA) is 92.5 Å². The van der Waals surface area contributed by atoms with Gasteiger partial charge in [0, 0.05) is 18.6 Å². The summed E-state index contributed by atoms with van der Waals surface area (Å²) in [6.45, 7) is 5.21. The number of hydrogen-bond acceptors (Lipinski definition) is 5. The molecule has 0 spiro atoms. The van der Waals surface area contributed by atoms with E-state index >= 15 is 0 Å².